The normalized spacial score (nSPS) is 11.8. The zero-order chi connectivity index (χ0) is 25.0. The minimum atomic E-state index is -4.67. The van der Waals surface area contributed by atoms with Gasteiger partial charge in [-0.1, -0.05) is 128 Å². The largest absolute Gasteiger partial charge is 0.394 e. The highest BCUT2D eigenvalue weighted by molar-refractivity contribution is 7.79. The minimum Gasteiger partial charge on any atom is -0.322 e. The summed E-state index contributed by atoms with van der Waals surface area (Å²) in [5, 5.41) is 0. The Kier molecular flexibility index (Phi) is 18.8. The summed E-state index contributed by atoms with van der Waals surface area (Å²) in [5.41, 5.74) is 8.85. The lowest BCUT2D eigenvalue weighted by molar-refractivity contribution is 0.381. The fourth-order valence-electron chi connectivity index (χ4n) is 4.23. The molecular weight excluding hydrogens is 434 g/mol. The molecule has 0 saturated carbocycles. The van der Waals surface area contributed by atoms with Gasteiger partial charge < -0.3 is 5.73 Å². The molecule has 1 rings (SSSR count). The maximum absolute atomic E-state index is 8.74. The van der Waals surface area contributed by atoms with Crippen LogP contribution >= 0.6 is 0 Å². The summed E-state index contributed by atoms with van der Waals surface area (Å²) in [7, 11) is -4.67. The first kappa shape index (κ1) is 32.0. The van der Waals surface area contributed by atoms with Crippen LogP contribution in [0.4, 0.5) is 0 Å². The minimum absolute atomic E-state index is 0.231. The van der Waals surface area contributed by atoms with Crippen LogP contribution in [0.3, 0.4) is 0 Å². The second-order valence-electron chi connectivity index (χ2n) is 9.88. The third-order valence-corrected chi connectivity index (χ3v) is 6.01. The highest BCUT2D eigenvalue weighted by Crippen LogP contribution is 2.23. The molecule has 194 valence electrons. The van der Waals surface area contributed by atoms with Crippen LogP contribution in [0, 0.1) is 0 Å². The molecule has 5 nitrogen and oxygen atoms in total. The zero-order valence-electron chi connectivity index (χ0n) is 21.5. The Hall–Kier alpha value is -0.950. The molecule has 6 heteroatoms. The second kappa shape index (κ2) is 19.4. The van der Waals surface area contributed by atoms with Gasteiger partial charge in [0.05, 0.1) is 0 Å². The van der Waals surface area contributed by atoms with Crippen LogP contribution in [0.25, 0.3) is 0 Å². The van der Waals surface area contributed by atoms with Crippen LogP contribution in [0.2, 0.25) is 0 Å². The molecule has 1 aromatic rings. The highest BCUT2D eigenvalue weighted by atomic mass is 32.3. The molecule has 0 heterocycles. The lowest BCUT2D eigenvalue weighted by Gasteiger charge is -2.23. The van der Waals surface area contributed by atoms with E-state index in [2.05, 4.69) is 45.0 Å². The summed E-state index contributed by atoms with van der Waals surface area (Å²) in [6.07, 6.45) is 24.0. The summed E-state index contributed by atoms with van der Waals surface area (Å²) in [6.45, 7) is 6.52. The standard InChI is InChI=1S/C27H49N.H2O4S/c1-4-5-6-7-8-9-10-11-12-13-14-15-16-17-18-19-22-25-23-20-21-24-26(25)27(2,3)28;1-5(2,3)4/h20-21,23-24H,4-19,22,28H2,1-3H3;(H2,1,2,3,4). The molecule has 0 fully saturated rings. The van der Waals surface area contributed by atoms with Gasteiger partial charge in [0, 0.05) is 5.54 Å². The van der Waals surface area contributed by atoms with Crippen molar-refractivity contribution in [1.82, 2.24) is 0 Å². The molecule has 0 spiro atoms. The summed E-state index contributed by atoms with van der Waals surface area (Å²) in [4.78, 5) is 0. The SMILES string of the molecule is CCCCCCCCCCCCCCCCCCc1ccccc1C(C)(C)N.O=S(=O)(O)O. The summed E-state index contributed by atoms with van der Waals surface area (Å²) in [5.74, 6) is 0. The Morgan fingerprint density at radius 2 is 1.03 bits per heavy atom. The quantitative estimate of drug-likeness (QED) is 0.144. The number of benzene rings is 1. The first-order chi connectivity index (χ1) is 15.6. The van der Waals surface area contributed by atoms with Crippen molar-refractivity contribution in [3.8, 4) is 0 Å². The van der Waals surface area contributed by atoms with Crippen LogP contribution in [-0.4, -0.2) is 17.5 Å². The molecule has 0 bridgehead atoms. The monoisotopic (exact) mass is 485 g/mol. The van der Waals surface area contributed by atoms with Crippen molar-refractivity contribution in [3.63, 3.8) is 0 Å². The Balaban J connectivity index is 0.00000184. The summed E-state index contributed by atoms with van der Waals surface area (Å²) in [6, 6.07) is 8.72. The van der Waals surface area contributed by atoms with Gasteiger partial charge in [-0.05, 0) is 37.8 Å². The van der Waals surface area contributed by atoms with Crippen molar-refractivity contribution in [2.45, 2.75) is 135 Å². The van der Waals surface area contributed by atoms with Crippen molar-refractivity contribution in [2.75, 3.05) is 0 Å². The Morgan fingerprint density at radius 3 is 1.39 bits per heavy atom. The van der Waals surface area contributed by atoms with Crippen molar-refractivity contribution in [2.24, 2.45) is 5.73 Å². The zero-order valence-corrected chi connectivity index (χ0v) is 22.3. The first-order valence-corrected chi connectivity index (χ1v) is 14.5. The molecule has 0 atom stereocenters. The molecule has 33 heavy (non-hydrogen) atoms. The predicted octanol–water partition coefficient (Wildman–Crippen LogP) is 8.03. The van der Waals surface area contributed by atoms with Crippen molar-refractivity contribution >= 4 is 10.4 Å². The van der Waals surface area contributed by atoms with Gasteiger partial charge in [0.25, 0.3) is 0 Å². The number of hydrogen-bond acceptors (Lipinski definition) is 3. The van der Waals surface area contributed by atoms with E-state index in [0.29, 0.717) is 0 Å². The molecule has 0 aromatic heterocycles. The first-order valence-electron chi connectivity index (χ1n) is 13.1. The summed E-state index contributed by atoms with van der Waals surface area (Å²) < 4.78 is 31.6. The molecule has 0 aliphatic rings. The molecule has 0 aliphatic heterocycles. The van der Waals surface area contributed by atoms with E-state index in [0.717, 1.165) is 0 Å². The van der Waals surface area contributed by atoms with Gasteiger partial charge in [0.1, 0.15) is 0 Å². The van der Waals surface area contributed by atoms with Gasteiger partial charge in [-0.25, -0.2) is 0 Å². The maximum Gasteiger partial charge on any atom is 0.394 e. The topological polar surface area (TPSA) is 101 Å². The van der Waals surface area contributed by atoms with Gasteiger partial charge in [-0.3, -0.25) is 9.11 Å². The van der Waals surface area contributed by atoms with E-state index in [1.54, 1.807) is 0 Å². The van der Waals surface area contributed by atoms with Crippen LogP contribution in [-0.2, 0) is 22.4 Å². The third-order valence-electron chi connectivity index (χ3n) is 6.01. The molecular formula is C27H51NO4S. The van der Waals surface area contributed by atoms with E-state index >= 15 is 0 Å². The molecule has 0 saturated heterocycles. The highest BCUT2D eigenvalue weighted by Gasteiger charge is 2.17. The molecule has 0 radical (unpaired) electrons. The molecule has 4 N–H and O–H groups in total. The van der Waals surface area contributed by atoms with E-state index in [1.165, 1.54) is 120 Å². The Labute approximate surface area is 204 Å². The number of unbranched alkanes of at least 4 members (excludes halogenated alkanes) is 15. The van der Waals surface area contributed by atoms with Gasteiger partial charge in [-0.15, -0.1) is 0 Å². The van der Waals surface area contributed by atoms with E-state index in [-0.39, 0.29) is 5.54 Å². The Bertz CT molecular complexity index is 676. The molecule has 0 aliphatic carbocycles. The van der Waals surface area contributed by atoms with Crippen molar-refractivity contribution < 1.29 is 17.5 Å². The smallest absolute Gasteiger partial charge is 0.322 e. The van der Waals surface area contributed by atoms with Crippen LogP contribution in [0.5, 0.6) is 0 Å². The maximum atomic E-state index is 8.74. The van der Waals surface area contributed by atoms with Gasteiger partial charge in [0.2, 0.25) is 0 Å². The second-order valence-corrected chi connectivity index (χ2v) is 10.8. The average Bonchev–Trinajstić information content (AvgIpc) is 2.72. The van der Waals surface area contributed by atoms with Gasteiger partial charge in [-0.2, -0.15) is 8.42 Å². The molecule has 0 unspecified atom stereocenters. The fourth-order valence-corrected chi connectivity index (χ4v) is 4.23. The van der Waals surface area contributed by atoms with Crippen LogP contribution < -0.4 is 5.73 Å². The lowest BCUT2D eigenvalue weighted by Crippen LogP contribution is -2.30. The van der Waals surface area contributed by atoms with Crippen molar-refractivity contribution in [1.29, 1.82) is 0 Å². The van der Waals surface area contributed by atoms with Crippen LogP contribution in [0.1, 0.15) is 135 Å². The number of hydrogen-bond donors (Lipinski definition) is 3. The van der Waals surface area contributed by atoms with Crippen molar-refractivity contribution in [3.05, 3.63) is 35.4 Å². The predicted molar refractivity (Wildman–Crippen MR) is 141 cm³/mol. The fraction of sp³-hybridized carbons (Fsp3) is 0.778. The van der Waals surface area contributed by atoms with Gasteiger partial charge in [0.15, 0.2) is 0 Å². The van der Waals surface area contributed by atoms with E-state index in [9.17, 15) is 0 Å². The number of aryl methyl sites for hydroxylation is 1. The lowest BCUT2D eigenvalue weighted by atomic mass is 9.89. The number of nitrogens with two attached hydrogens (primary N) is 1. The third kappa shape index (κ3) is 22.6. The van der Waals surface area contributed by atoms with Crippen LogP contribution in [0.15, 0.2) is 24.3 Å². The Morgan fingerprint density at radius 1 is 0.697 bits per heavy atom. The van der Waals surface area contributed by atoms with E-state index in [4.69, 9.17) is 23.3 Å². The number of rotatable bonds is 18. The summed E-state index contributed by atoms with van der Waals surface area (Å²) >= 11 is 0. The van der Waals surface area contributed by atoms with E-state index in [1.807, 2.05) is 0 Å². The average molecular weight is 486 g/mol. The molecule has 1 aromatic carbocycles. The molecule has 0 amide bonds. The van der Waals surface area contributed by atoms with E-state index < -0.39 is 10.4 Å². The van der Waals surface area contributed by atoms with Gasteiger partial charge >= 0.3 is 10.4 Å².